The van der Waals surface area contributed by atoms with Crippen molar-refractivity contribution in [3.05, 3.63) is 45.1 Å². The molecule has 0 atom stereocenters. The zero-order valence-electron chi connectivity index (χ0n) is 18.1. The Morgan fingerprint density at radius 3 is 2.45 bits per heavy atom. The predicted octanol–water partition coefficient (Wildman–Crippen LogP) is 3.02. The van der Waals surface area contributed by atoms with Gasteiger partial charge in [-0.2, -0.15) is 0 Å². The van der Waals surface area contributed by atoms with Crippen LogP contribution in [0.1, 0.15) is 28.1 Å². The average Bonchev–Trinajstić information content (AvgIpc) is 3.25. The van der Waals surface area contributed by atoms with E-state index in [0.717, 1.165) is 24.0 Å². The number of esters is 1. The minimum Gasteiger partial charge on any atom is -0.486 e. The Morgan fingerprint density at radius 2 is 1.73 bits per heavy atom. The Morgan fingerprint density at radius 1 is 0.970 bits per heavy atom. The van der Waals surface area contributed by atoms with E-state index in [4.69, 9.17) is 25.8 Å². The van der Waals surface area contributed by atoms with Crippen LogP contribution in [0.15, 0.2) is 30.3 Å². The molecule has 33 heavy (non-hydrogen) atoms. The van der Waals surface area contributed by atoms with Gasteiger partial charge in [0.05, 0.1) is 10.8 Å². The molecule has 0 N–H and O–H groups in total. The summed E-state index contributed by atoms with van der Waals surface area (Å²) >= 11 is 7.54. The van der Waals surface area contributed by atoms with Crippen LogP contribution in [0.2, 0.25) is 4.34 Å². The summed E-state index contributed by atoms with van der Waals surface area (Å²) in [5, 5.41) is 0. The van der Waals surface area contributed by atoms with Crippen LogP contribution in [-0.4, -0.2) is 73.5 Å². The first kappa shape index (κ1) is 23.5. The number of carbonyl (C=O) groups excluding carboxylic acids is 3. The molecule has 3 heterocycles. The third-order valence-electron chi connectivity index (χ3n) is 5.51. The van der Waals surface area contributed by atoms with Crippen molar-refractivity contribution in [2.24, 2.45) is 0 Å². The molecule has 176 valence electrons. The second kappa shape index (κ2) is 11.0. The summed E-state index contributed by atoms with van der Waals surface area (Å²) in [6, 6.07) is 8.87. The number of nitrogens with zero attached hydrogens (tertiary/aromatic N) is 2. The Kier molecular flexibility index (Phi) is 7.85. The van der Waals surface area contributed by atoms with Gasteiger partial charge >= 0.3 is 5.97 Å². The molecule has 1 aromatic heterocycles. The molecular weight excluding hydrogens is 468 g/mol. The van der Waals surface area contributed by atoms with Gasteiger partial charge in [-0.05, 0) is 30.3 Å². The Balaban J connectivity index is 1.15. The normalized spacial score (nSPS) is 15.8. The van der Waals surface area contributed by atoms with Crippen LogP contribution in [-0.2, 0) is 20.9 Å². The third-order valence-corrected chi connectivity index (χ3v) is 6.73. The second-order valence-electron chi connectivity index (χ2n) is 7.81. The fourth-order valence-electron chi connectivity index (χ4n) is 3.69. The molecule has 0 unspecified atom stereocenters. The zero-order chi connectivity index (χ0) is 23.2. The van der Waals surface area contributed by atoms with E-state index in [9.17, 15) is 14.4 Å². The lowest BCUT2D eigenvalue weighted by Gasteiger charge is -2.34. The number of ketones is 1. The molecular formula is C23H25ClN2O6S. The number of benzene rings is 1. The van der Waals surface area contributed by atoms with Crippen LogP contribution in [0.25, 0.3) is 0 Å². The monoisotopic (exact) mass is 492 g/mol. The molecule has 0 spiro atoms. The number of halogens is 1. The number of amides is 1. The lowest BCUT2D eigenvalue weighted by Crippen LogP contribution is -2.49. The number of piperazine rings is 1. The standard InChI is InChI=1S/C23H25ClN2O6S/c24-21-5-2-17(33-21)14-25-7-9-26(10-8-25)22(28)15-32-23(29)6-3-18(27)16-1-4-19-20(13-16)31-12-11-30-19/h1-2,4-5,13H,3,6-12,14-15H2. The van der Waals surface area contributed by atoms with Crippen molar-refractivity contribution in [3.63, 3.8) is 0 Å². The molecule has 2 aromatic rings. The number of hydrogen-bond acceptors (Lipinski definition) is 8. The minimum atomic E-state index is -0.567. The molecule has 1 fully saturated rings. The minimum absolute atomic E-state index is 0.00191. The van der Waals surface area contributed by atoms with E-state index < -0.39 is 5.97 Å². The van der Waals surface area contributed by atoms with Gasteiger partial charge in [0.2, 0.25) is 0 Å². The molecule has 8 nitrogen and oxygen atoms in total. The first-order chi connectivity index (χ1) is 16.0. The highest BCUT2D eigenvalue weighted by Crippen LogP contribution is 2.31. The van der Waals surface area contributed by atoms with Crippen molar-refractivity contribution in [2.45, 2.75) is 19.4 Å². The van der Waals surface area contributed by atoms with E-state index in [-0.39, 0.29) is 31.1 Å². The van der Waals surface area contributed by atoms with E-state index >= 15 is 0 Å². The first-order valence-electron chi connectivity index (χ1n) is 10.8. The van der Waals surface area contributed by atoms with Gasteiger partial charge in [-0.25, -0.2) is 0 Å². The molecule has 2 aliphatic rings. The molecule has 1 aromatic carbocycles. The molecule has 2 aliphatic heterocycles. The maximum Gasteiger partial charge on any atom is 0.306 e. The van der Waals surface area contributed by atoms with Gasteiger partial charge in [-0.15, -0.1) is 11.3 Å². The van der Waals surface area contributed by atoms with E-state index in [0.29, 0.717) is 43.4 Å². The molecule has 0 aliphatic carbocycles. The summed E-state index contributed by atoms with van der Waals surface area (Å²) in [5.74, 6) is 0.146. The number of fused-ring (bicyclic) bond motifs is 1. The fraction of sp³-hybridized carbons (Fsp3) is 0.435. The second-order valence-corrected chi connectivity index (χ2v) is 9.60. The van der Waals surface area contributed by atoms with E-state index in [1.165, 1.54) is 4.88 Å². The quantitative estimate of drug-likeness (QED) is 0.413. The number of carbonyl (C=O) groups is 3. The van der Waals surface area contributed by atoms with Gasteiger partial charge in [0.15, 0.2) is 23.9 Å². The lowest BCUT2D eigenvalue weighted by atomic mass is 10.1. The molecule has 4 rings (SSSR count). The van der Waals surface area contributed by atoms with Gasteiger partial charge in [-0.3, -0.25) is 19.3 Å². The predicted molar refractivity (Wildman–Crippen MR) is 123 cm³/mol. The number of hydrogen-bond donors (Lipinski definition) is 0. The van der Waals surface area contributed by atoms with Crippen molar-refractivity contribution >= 4 is 40.6 Å². The molecule has 1 saturated heterocycles. The van der Waals surface area contributed by atoms with Crippen molar-refractivity contribution in [1.82, 2.24) is 9.80 Å². The highest BCUT2D eigenvalue weighted by molar-refractivity contribution is 7.16. The van der Waals surface area contributed by atoms with Gasteiger partial charge in [0.25, 0.3) is 5.91 Å². The van der Waals surface area contributed by atoms with E-state index in [1.807, 2.05) is 12.1 Å². The van der Waals surface area contributed by atoms with Gasteiger partial charge in [0, 0.05) is 49.6 Å². The van der Waals surface area contributed by atoms with Crippen molar-refractivity contribution in [1.29, 1.82) is 0 Å². The Labute approximate surface area is 201 Å². The molecule has 10 heteroatoms. The lowest BCUT2D eigenvalue weighted by molar-refractivity contribution is -0.152. The number of Topliss-reactive ketones (excluding diaryl/α,β-unsaturated/α-hetero) is 1. The summed E-state index contributed by atoms with van der Waals surface area (Å²) in [4.78, 5) is 42.0. The molecule has 0 saturated carbocycles. The summed E-state index contributed by atoms with van der Waals surface area (Å²) in [7, 11) is 0. The Bertz CT molecular complexity index is 1020. The topological polar surface area (TPSA) is 85.4 Å². The van der Waals surface area contributed by atoms with E-state index in [1.54, 1.807) is 34.4 Å². The largest absolute Gasteiger partial charge is 0.486 e. The van der Waals surface area contributed by atoms with Crippen LogP contribution >= 0.6 is 22.9 Å². The zero-order valence-corrected chi connectivity index (χ0v) is 19.7. The van der Waals surface area contributed by atoms with E-state index in [2.05, 4.69) is 4.90 Å². The first-order valence-corrected chi connectivity index (χ1v) is 12.0. The van der Waals surface area contributed by atoms with Gasteiger partial charge < -0.3 is 19.1 Å². The van der Waals surface area contributed by atoms with Crippen LogP contribution < -0.4 is 9.47 Å². The summed E-state index contributed by atoms with van der Waals surface area (Å²) in [6.07, 6.45) is -0.0875. The van der Waals surface area contributed by atoms with Crippen LogP contribution in [0.3, 0.4) is 0 Å². The van der Waals surface area contributed by atoms with Crippen molar-refractivity contribution < 1.29 is 28.6 Å². The van der Waals surface area contributed by atoms with Gasteiger partial charge in [-0.1, -0.05) is 11.6 Å². The maximum atomic E-state index is 12.4. The van der Waals surface area contributed by atoms with Crippen LogP contribution in [0, 0.1) is 0 Å². The summed E-state index contributed by atoms with van der Waals surface area (Å²) in [5.41, 5.74) is 0.450. The highest BCUT2D eigenvalue weighted by Gasteiger charge is 2.23. The molecule has 1 amide bonds. The molecule has 0 bridgehead atoms. The van der Waals surface area contributed by atoms with Crippen LogP contribution in [0.5, 0.6) is 11.5 Å². The third kappa shape index (κ3) is 6.46. The van der Waals surface area contributed by atoms with Crippen LogP contribution in [0.4, 0.5) is 0 Å². The highest BCUT2D eigenvalue weighted by atomic mass is 35.5. The SMILES string of the molecule is O=C(CCC(=O)c1ccc2c(c1)OCCO2)OCC(=O)N1CCN(Cc2ccc(Cl)s2)CC1. The summed E-state index contributed by atoms with van der Waals surface area (Å²) in [6.45, 7) is 4.08. The average molecular weight is 493 g/mol. The Hall–Kier alpha value is -2.62. The number of thiophene rings is 1. The maximum absolute atomic E-state index is 12.4. The molecule has 0 radical (unpaired) electrons. The number of ether oxygens (including phenoxy) is 3. The van der Waals surface area contributed by atoms with Crippen molar-refractivity contribution in [3.8, 4) is 11.5 Å². The smallest absolute Gasteiger partial charge is 0.306 e. The van der Waals surface area contributed by atoms with Gasteiger partial charge in [0.1, 0.15) is 13.2 Å². The fourth-order valence-corrected chi connectivity index (χ4v) is 4.82. The van der Waals surface area contributed by atoms with Crippen molar-refractivity contribution in [2.75, 3.05) is 46.0 Å². The number of rotatable bonds is 8. The summed E-state index contributed by atoms with van der Waals surface area (Å²) < 4.78 is 16.8.